The lowest BCUT2D eigenvalue weighted by molar-refractivity contribution is -0.143. The normalized spacial score (nSPS) is 12.5. The minimum Gasteiger partial charge on any atom is -0.355 e. The Balaban J connectivity index is 1.75. The molecule has 4 aromatic rings. The van der Waals surface area contributed by atoms with Crippen LogP contribution in [0.3, 0.4) is 0 Å². The third-order valence-corrected chi connectivity index (χ3v) is 5.50. The van der Waals surface area contributed by atoms with E-state index in [1.54, 1.807) is 13.8 Å². The molecule has 0 bridgehead atoms. The fourth-order valence-corrected chi connectivity index (χ4v) is 4.07. The zero-order valence-electron chi connectivity index (χ0n) is 19.2. The second kappa shape index (κ2) is 8.56. The van der Waals surface area contributed by atoms with Crippen LogP contribution in [-0.2, 0) is 13.1 Å². The molecule has 0 saturated heterocycles. The van der Waals surface area contributed by atoms with Gasteiger partial charge in [0.2, 0.25) is 0 Å². The number of hydrogen-bond acceptors (Lipinski definition) is 7. The predicted molar refractivity (Wildman–Crippen MR) is 110 cm³/mol. The van der Waals surface area contributed by atoms with E-state index in [0.717, 1.165) is 0 Å². The minimum atomic E-state index is -4.57. The monoisotopic (exact) mass is 516 g/mol. The Morgan fingerprint density at radius 3 is 1.42 bits per heavy atom. The lowest BCUT2D eigenvalue weighted by atomic mass is 9.96. The maximum absolute atomic E-state index is 13.6. The van der Waals surface area contributed by atoms with Gasteiger partial charge in [0.15, 0.2) is 17.4 Å². The van der Waals surface area contributed by atoms with Gasteiger partial charge in [-0.25, -0.2) is 9.36 Å². The largest absolute Gasteiger partial charge is 0.408 e. The third kappa shape index (κ3) is 4.59. The van der Waals surface area contributed by atoms with E-state index >= 15 is 0 Å². The summed E-state index contributed by atoms with van der Waals surface area (Å²) in [5, 5.41) is 20.7. The molecule has 0 radical (unpaired) electrons. The highest BCUT2D eigenvalue weighted by atomic mass is 19.4. The number of alkyl halides is 6. The van der Waals surface area contributed by atoms with Crippen LogP contribution < -0.4 is 0 Å². The number of ketones is 1. The molecule has 0 unspecified atom stereocenters. The molecule has 4 rings (SSSR count). The maximum atomic E-state index is 13.6. The SMILES string of the molecule is Cc1[nH]c(-c2nnnn2CC(F)(F)F)c(C)c1C(=O)c1c(C)[nH]c(-c2nnnn2CC(F)(F)F)c1C. The van der Waals surface area contributed by atoms with Crippen molar-refractivity contribution in [3.8, 4) is 23.0 Å². The molecule has 192 valence electrons. The number of H-pyrrole nitrogens is 2. The van der Waals surface area contributed by atoms with Gasteiger partial charge in [0.1, 0.15) is 13.1 Å². The second-order valence-corrected chi connectivity index (χ2v) is 8.13. The van der Waals surface area contributed by atoms with Crippen molar-refractivity contribution in [2.24, 2.45) is 0 Å². The van der Waals surface area contributed by atoms with E-state index in [4.69, 9.17) is 0 Å². The zero-order chi connectivity index (χ0) is 26.6. The molecule has 0 aliphatic heterocycles. The van der Waals surface area contributed by atoms with Gasteiger partial charge < -0.3 is 9.97 Å². The maximum Gasteiger partial charge on any atom is 0.408 e. The van der Waals surface area contributed by atoms with E-state index in [-0.39, 0.29) is 34.2 Å². The first-order chi connectivity index (χ1) is 16.7. The van der Waals surface area contributed by atoms with Gasteiger partial charge in [-0.3, -0.25) is 4.79 Å². The Labute approximate surface area is 197 Å². The van der Waals surface area contributed by atoms with E-state index in [0.29, 0.717) is 31.9 Å². The van der Waals surface area contributed by atoms with Gasteiger partial charge in [0, 0.05) is 22.5 Å². The molecular formula is C19H18F6N10O. The quantitative estimate of drug-likeness (QED) is 0.297. The number of nitrogens with zero attached hydrogens (tertiary/aromatic N) is 8. The smallest absolute Gasteiger partial charge is 0.355 e. The summed E-state index contributed by atoms with van der Waals surface area (Å²) in [6, 6.07) is 0. The van der Waals surface area contributed by atoms with Crippen LogP contribution in [0.1, 0.15) is 38.4 Å². The number of aromatic nitrogens is 10. The summed E-state index contributed by atoms with van der Waals surface area (Å²) in [4.78, 5) is 19.4. The number of rotatable bonds is 6. The predicted octanol–water partition coefficient (Wildman–Crippen LogP) is 3.24. The molecule has 0 amide bonds. The number of nitrogens with one attached hydrogen (secondary N) is 2. The number of halogens is 6. The topological polar surface area (TPSA) is 136 Å². The number of aromatic amines is 2. The summed E-state index contributed by atoms with van der Waals surface area (Å²) in [7, 11) is 0. The molecule has 4 aromatic heterocycles. The van der Waals surface area contributed by atoms with Crippen LogP contribution >= 0.6 is 0 Å². The van der Waals surface area contributed by atoms with Gasteiger partial charge in [-0.2, -0.15) is 26.3 Å². The molecule has 0 aromatic carbocycles. The molecule has 0 aliphatic rings. The molecule has 0 saturated carbocycles. The molecule has 17 heteroatoms. The van der Waals surface area contributed by atoms with E-state index in [1.807, 2.05) is 0 Å². The van der Waals surface area contributed by atoms with Gasteiger partial charge in [0.05, 0.1) is 11.4 Å². The van der Waals surface area contributed by atoms with Crippen molar-refractivity contribution in [3.63, 3.8) is 0 Å². The summed E-state index contributed by atoms with van der Waals surface area (Å²) in [6.07, 6.45) is -9.15. The van der Waals surface area contributed by atoms with E-state index in [2.05, 4.69) is 41.0 Å². The van der Waals surface area contributed by atoms with Crippen LogP contribution in [0.2, 0.25) is 0 Å². The van der Waals surface area contributed by atoms with E-state index in [1.165, 1.54) is 13.8 Å². The van der Waals surface area contributed by atoms with Crippen molar-refractivity contribution >= 4 is 5.78 Å². The van der Waals surface area contributed by atoms with Crippen molar-refractivity contribution < 1.29 is 31.1 Å². The first kappa shape index (κ1) is 25.1. The highest BCUT2D eigenvalue weighted by Crippen LogP contribution is 2.33. The molecule has 0 fully saturated rings. The van der Waals surface area contributed by atoms with Crippen LogP contribution in [0.25, 0.3) is 23.0 Å². The first-order valence-corrected chi connectivity index (χ1v) is 10.3. The second-order valence-electron chi connectivity index (χ2n) is 8.13. The Morgan fingerprint density at radius 2 is 1.08 bits per heavy atom. The zero-order valence-corrected chi connectivity index (χ0v) is 19.2. The van der Waals surface area contributed by atoms with Crippen LogP contribution in [0.4, 0.5) is 26.3 Å². The standard InChI is InChI=1S/C19H18F6N10O/c1-7-11(9(3)26-13(7)16-28-30-32-34(16)5-18(20,21)22)15(36)12-8(2)14(27-10(12)4)17-29-31-33-35(17)6-19(23,24)25/h26-27H,5-6H2,1-4H3. The Kier molecular flexibility index (Phi) is 5.96. The number of hydrogen-bond donors (Lipinski definition) is 2. The van der Waals surface area contributed by atoms with Crippen LogP contribution in [0.15, 0.2) is 0 Å². The summed E-state index contributed by atoms with van der Waals surface area (Å²) >= 11 is 0. The molecular weight excluding hydrogens is 498 g/mol. The van der Waals surface area contributed by atoms with Gasteiger partial charge in [-0.15, -0.1) is 10.2 Å². The van der Waals surface area contributed by atoms with Gasteiger partial charge in [-0.05, 0) is 59.7 Å². The van der Waals surface area contributed by atoms with Crippen LogP contribution in [0, 0.1) is 27.7 Å². The Hall–Kier alpha value is -4.05. The van der Waals surface area contributed by atoms with E-state index in [9.17, 15) is 31.1 Å². The number of carbonyl (C=O) groups excluding carboxylic acids is 1. The molecule has 36 heavy (non-hydrogen) atoms. The number of tetrazole rings is 2. The van der Waals surface area contributed by atoms with Gasteiger partial charge in [-0.1, -0.05) is 0 Å². The summed E-state index contributed by atoms with van der Waals surface area (Å²) in [6.45, 7) is 3.32. The summed E-state index contributed by atoms with van der Waals surface area (Å²) in [5.41, 5.74) is 1.89. The number of aryl methyl sites for hydroxylation is 2. The van der Waals surface area contributed by atoms with Crippen molar-refractivity contribution in [2.75, 3.05) is 0 Å². The number of carbonyl (C=O) groups is 1. The Bertz CT molecular complexity index is 1330. The van der Waals surface area contributed by atoms with Gasteiger partial charge >= 0.3 is 12.4 Å². The van der Waals surface area contributed by atoms with Gasteiger partial charge in [0.25, 0.3) is 0 Å². The van der Waals surface area contributed by atoms with Crippen molar-refractivity contribution in [1.29, 1.82) is 0 Å². The molecule has 0 atom stereocenters. The fourth-order valence-electron chi connectivity index (χ4n) is 4.07. The summed E-state index contributed by atoms with van der Waals surface area (Å²) < 4.78 is 78.6. The lowest BCUT2D eigenvalue weighted by Gasteiger charge is -2.08. The molecule has 11 nitrogen and oxygen atoms in total. The minimum absolute atomic E-state index is 0.130. The van der Waals surface area contributed by atoms with Crippen LogP contribution in [0.5, 0.6) is 0 Å². The van der Waals surface area contributed by atoms with E-state index < -0.39 is 31.2 Å². The fraction of sp³-hybridized carbons (Fsp3) is 0.421. The van der Waals surface area contributed by atoms with Crippen molar-refractivity contribution in [1.82, 2.24) is 50.4 Å². The van der Waals surface area contributed by atoms with Crippen LogP contribution in [-0.4, -0.2) is 68.5 Å². The summed E-state index contributed by atoms with van der Waals surface area (Å²) in [5.74, 6) is -0.919. The molecule has 0 spiro atoms. The highest BCUT2D eigenvalue weighted by Gasteiger charge is 2.34. The Morgan fingerprint density at radius 1 is 0.722 bits per heavy atom. The average Bonchev–Trinajstić information content (AvgIpc) is 3.47. The molecule has 2 N–H and O–H groups in total. The average molecular weight is 516 g/mol. The molecule has 4 heterocycles. The highest BCUT2D eigenvalue weighted by molar-refractivity contribution is 6.13. The third-order valence-electron chi connectivity index (χ3n) is 5.50. The van der Waals surface area contributed by atoms with Crippen molar-refractivity contribution in [3.05, 3.63) is 33.6 Å². The van der Waals surface area contributed by atoms with Crippen molar-refractivity contribution in [2.45, 2.75) is 53.1 Å². The molecule has 0 aliphatic carbocycles. The first-order valence-electron chi connectivity index (χ1n) is 10.3. The lowest BCUT2D eigenvalue weighted by Crippen LogP contribution is -2.19.